The maximum atomic E-state index is 12.9. The fourth-order valence-corrected chi connectivity index (χ4v) is 0.803. The van der Waals surface area contributed by atoms with Crippen molar-refractivity contribution < 1.29 is 13.2 Å². The van der Waals surface area contributed by atoms with Gasteiger partial charge in [-0.15, -0.1) is 0 Å². The Hall–Kier alpha value is -1.52. The second kappa shape index (κ2) is 4.13. The fourth-order valence-electron chi connectivity index (χ4n) is 0.803. The van der Waals surface area contributed by atoms with Crippen LogP contribution in [0.3, 0.4) is 0 Å². The molecule has 0 bridgehead atoms. The number of hydrogen-bond acceptors (Lipinski definition) is 2. The summed E-state index contributed by atoms with van der Waals surface area (Å²) in [6, 6.07) is 0.448. The Morgan fingerprint density at radius 3 is 2.64 bits per heavy atom. The third-order valence-corrected chi connectivity index (χ3v) is 1.44. The van der Waals surface area contributed by atoms with Crippen LogP contribution in [0.5, 0.6) is 0 Å². The van der Waals surface area contributed by atoms with Gasteiger partial charge >= 0.3 is 0 Å². The van der Waals surface area contributed by atoms with E-state index in [1.807, 2.05) is 0 Å². The maximum Gasteiger partial charge on any atom is 0.251 e. The molecule has 1 aromatic rings. The minimum Gasteiger partial charge on any atom is -0.364 e. The highest BCUT2D eigenvalue weighted by Gasteiger charge is 2.10. The van der Waals surface area contributed by atoms with Gasteiger partial charge in [-0.05, 0) is 6.92 Å². The molecular formula is C9H9F3N2. The molecule has 0 spiro atoms. The summed E-state index contributed by atoms with van der Waals surface area (Å²) in [7, 11) is 0. The van der Waals surface area contributed by atoms with E-state index in [1.165, 1.54) is 0 Å². The van der Waals surface area contributed by atoms with Gasteiger partial charge in [0, 0.05) is 12.6 Å². The maximum absolute atomic E-state index is 12.9. The highest BCUT2D eigenvalue weighted by atomic mass is 19.2. The molecule has 14 heavy (non-hydrogen) atoms. The highest BCUT2D eigenvalue weighted by molar-refractivity contribution is 5.37. The van der Waals surface area contributed by atoms with Crippen molar-refractivity contribution in [3.05, 3.63) is 35.8 Å². The second-order valence-corrected chi connectivity index (χ2v) is 2.90. The summed E-state index contributed by atoms with van der Waals surface area (Å²) < 4.78 is 37.9. The SMILES string of the molecule is C=C(C)CNc1nc(F)c(F)cc1F. The summed E-state index contributed by atoms with van der Waals surface area (Å²) in [5, 5.41) is 2.49. The van der Waals surface area contributed by atoms with Gasteiger partial charge in [0.15, 0.2) is 17.5 Å². The molecule has 0 aliphatic rings. The molecule has 2 nitrogen and oxygen atoms in total. The van der Waals surface area contributed by atoms with E-state index in [4.69, 9.17) is 0 Å². The molecular weight excluding hydrogens is 193 g/mol. The molecule has 0 saturated carbocycles. The summed E-state index contributed by atoms with van der Waals surface area (Å²) in [4.78, 5) is 3.08. The zero-order valence-electron chi connectivity index (χ0n) is 7.57. The van der Waals surface area contributed by atoms with Crippen molar-refractivity contribution in [2.75, 3.05) is 11.9 Å². The largest absolute Gasteiger partial charge is 0.364 e. The molecule has 0 aromatic carbocycles. The van der Waals surface area contributed by atoms with E-state index in [0.29, 0.717) is 6.07 Å². The lowest BCUT2D eigenvalue weighted by atomic mass is 10.3. The summed E-state index contributed by atoms with van der Waals surface area (Å²) >= 11 is 0. The van der Waals surface area contributed by atoms with Crippen molar-refractivity contribution in [2.45, 2.75) is 6.92 Å². The Morgan fingerprint density at radius 1 is 1.43 bits per heavy atom. The van der Waals surface area contributed by atoms with Crippen LogP contribution in [0.25, 0.3) is 0 Å². The van der Waals surface area contributed by atoms with Crippen LogP contribution in [-0.4, -0.2) is 11.5 Å². The van der Waals surface area contributed by atoms with Gasteiger partial charge in [-0.3, -0.25) is 0 Å². The first-order valence-corrected chi connectivity index (χ1v) is 3.90. The number of nitrogens with one attached hydrogen (secondary N) is 1. The van der Waals surface area contributed by atoms with Crippen LogP contribution in [0.1, 0.15) is 6.92 Å². The number of halogens is 3. The summed E-state index contributed by atoms with van der Waals surface area (Å²) in [5.74, 6) is -3.86. The lowest BCUT2D eigenvalue weighted by molar-refractivity contribution is 0.466. The third kappa shape index (κ3) is 2.48. The molecule has 0 aliphatic heterocycles. The monoisotopic (exact) mass is 202 g/mol. The molecule has 1 rings (SSSR count). The zero-order chi connectivity index (χ0) is 10.7. The standard InChI is InChI=1S/C9H9F3N2/c1-5(2)4-13-9-7(11)3-6(10)8(12)14-9/h3H,1,4H2,2H3,(H,13,14). The van der Waals surface area contributed by atoms with Crippen LogP contribution in [0.15, 0.2) is 18.2 Å². The zero-order valence-corrected chi connectivity index (χ0v) is 7.57. The quantitative estimate of drug-likeness (QED) is 0.601. The Morgan fingerprint density at radius 2 is 2.07 bits per heavy atom. The molecule has 0 radical (unpaired) electrons. The van der Waals surface area contributed by atoms with E-state index >= 15 is 0 Å². The predicted molar refractivity (Wildman–Crippen MR) is 47.4 cm³/mol. The van der Waals surface area contributed by atoms with Gasteiger partial charge in [0.1, 0.15) is 0 Å². The first kappa shape index (κ1) is 10.6. The minimum atomic E-state index is -1.32. The number of hydrogen-bond donors (Lipinski definition) is 1. The van der Waals surface area contributed by atoms with Gasteiger partial charge in [-0.2, -0.15) is 9.37 Å². The molecule has 76 valence electrons. The first-order chi connectivity index (χ1) is 6.50. The number of pyridine rings is 1. The summed E-state index contributed by atoms with van der Waals surface area (Å²) in [6.45, 7) is 5.53. The lowest BCUT2D eigenvalue weighted by Gasteiger charge is -2.06. The Kier molecular flexibility index (Phi) is 3.11. The molecule has 0 saturated heterocycles. The van der Waals surface area contributed by atoms with Crippen LogP contribution >= 0.6 is 0 Å². The predicted octanol–water partition coefficient (Wildman–Crippen LogP) is 2.49. The Labute approximate surface area is 79.5 Å². The summed E-state index contributed by atoms with van der Waals surface area (Å²) in [6.07, 6.45) is 0. The van der Waals surface area contributed by atoms with E-state index in [9.17, 15) is 13.2 Å². The van der Waals surface area contributed by atoms with Crippen molar-refractivity contribution in [3.8, 4) is 0 Å². The van der Waals surface area contributed by atoms with Crippen molar-refractivity contribution >= 4 is 5.82 Å². The van der Waals surface area contributed by atoms with Crippen LogP contribution in [0, 0.1) is 17.6 Å². The topological polar surface area (TPSA) is 24.9 Å². The minimum absolute atomic E-state index is 0.259. The molecule has 5 heteroatoms. The molecule has 0 amide bonds. The first-order valence-electron chi connectivity index (χ1n) is 3.90. The van der Waals surface area contributed by atoms with E-state index < -0.39 is 17.6 Å². The van der Waals surface area contributed by atoms with Gasteiger partial charge < -0.3 is 5.32 Å². The molecule has 1 heterocycles. The van der Waals surface area contributed by atoms with Gasteiger partial charge in [0.2, 0.25) is 0 Å². The van der Waals surface area contributed by atoms with Crippen molar-refractivity contribution in [1.29, 1.82) is 0 Å². The molecule has 1 N–H and O–H groups in total. The van der Waals surface area contributed by atoms with E-state index in [0.717, 1.165) is 5.57 Å². The molecule has 1 aromatic heterocycles. The Balaban J connectivity index is 2.87. The van der Waals surface area contributed by atoms with E-state index in [-0.39, 0.29) is 12.4 Å². The van der Waals surface area contributed by atoms with Crippen molar-refractivity contribution in [3.63, 3.8) is 0 Å². The van der Waals surface area contributed by atoms with E-state index in [1.54, 1.807) is 6.92 Å². The number of anilines is 1. The van der Waals surface area contributed by atoms with Gasteiger partial charge in [-0.25, -0.2) is 8.78 Å². The van der Waals surface area contributed by atoms with Gasteiger partial charge in [-0.1, -0.05) is 12.2 Å². The van der Waals surface area contributed by atoms with Crippen molar-refractivity contribution in [2.24, 2.45) is 0 Å². The van der Waals surface area contributed by atoms with Crippen LogP contribution in [0.4, 0.5) is 19.0 Å². The van der Waals surface area contributed by atoms with Gasteiger partial charge in [0.25, 0.3) is 5.95 Å². The second-order valence-electron chi connectivity index (χ2n) is 2.90. The van der Waals surface area contributed by atoms with Crippen molar-refractivity contribution in [1.82, 2.24) is 4.98 Å². The normalized spacial score (nSPS) is 10.0. The number of rotatable bonds is 3. The van der Waals surface area contributed by atoms with Gasteiger partial charge in [0.05, 0.1) is 0 Å². The van der Waals surface area contributed by atoms with Crippen LogP contribution in [-0.2, 0) is 0 Å². The average Bonchev–Trinajstić information content (AvgIpc) is 2.09. The lowest BCUT2D eigenvalue weighted by Crippen LogP contribution is -2.07. The van der Waals surface area contributed by atoms with Crippen LogP contribution < -0.4 is 5.32 Å². The smallest absolute Gasteiger partial charge is 0.251 e. The molecule has 0 atom stereocenters. The summed E-state index contributed by atoms with van der Waals surface area (Å²) in [5.41, 5.74) is 0.732. The average molecular weight is 202 g/mol. The number of nitrogens with zero attached hydrogens (tertiary/aromatic N) is 1. The Bertz CT molecular complexity index is 363. The van der Waals surface area contributed by atoms with Crippen LogP contribution in [0.2, 0.25) is 0 Å². The number of aromatic nitrogens is 1. The third-order valence-electron chi connectivity index (χ3n) is 1.44. The highest BCUT2D eigenvalue weighted by Crippen LogP contribution is 2.14. The fraction of sp³-hybridized carbons (Fsp3) is 0.222. The molecule has 0 unspecified atom stereocenters. The molecule has 0 fully saturated rings. The molecule has 0 aliphatic carbocycles. The van der Waals surface area contributed by atoms with E-state index in [2.05, 4.69) is 16.9 Å².